The molecule has 0 saturated heterocycles. The van der Waals surface area contributed by atoms with Crippen LogP contribution in [0.5, 0.6) is 0 Å². The Bertz CT molecular complexity index is 1100. The zero-order valence-corrected chi connectivity index (χ0v) is 14.5. The zero-order valence-electron chi connectivity index (χ0n) is 13.7. The number of carboxylic acids is 1. The molecule has 3 rings (SSSR count). The molecule has 0 aliphatic rings. The third-order valence-corrected chi connectivity index (χ3v) is 4.89. The molecule has 0 spiro atoms. The van der Waals surface area contributed by atoms with Crippen LogP contribution in [0.25, 0.3) is 22.9 Å². The molecular weight excluding hydrogens is 352 g/mol. The van der Waals surface area contributed by atoms with Gasteiger partial charge in [0.1, 0.15) is 0 Å². The van der Waals surface area contributed by atoms with Crippen molar-refractivity contribution in [1.82, 2.24) is 0 Å². The molecule has 0 amide bonds. The van der Waals surface area contributed by atoms with Crippen molar-refractivity contribution in [3.63, 3.8) is 0 Å². The average molecular weight is 368 g/mol. The van der Waals surface area contributed by atoms with E-state index in [0.29, 0.717) is 0 Å². The number of fused-ring (bicyclic) bond motifs is 1. The second-order valence-electron chi connectivity index (χ2n) is 5.81. The number of hydrogen-bond donors (Lipinski definition) is 2. The second-order valence-corrected chi connectivity index (χ2v) is 7.23. The largest absolute Gasteiger partial charge is 0.481 e. The standard InChI is InChI=1S/C20H16O5S/c21-20(22)13-16-4-2-5-18-15(3-1-6-19(16)18)10-7-14-8-11-17(12-9-14)26(23,24)25/h1-12H,13H2,(H,21,22)(H,23,24,25)/b10-7+. The first-order valence-corrected chi connectivity index (χ1v) is 9.27. The molecule has 0 saturated carbocycles. The summed E-state index contributed by atoms with van der Waals surface area (Å²) in [5.41, 5.74) is 2.45. The van der Waals surface area contributed by atoms with Crippen molar-refractivity contribution in [3.8, 4) is 0 Å². The number of carbonyl (C=O) groups is 1. The molecule has 0 aliphatic carbocycles. The summed E-state index contributed by atoms with van der Waals surface area (Å²) in [4.78, 5) is 10.9. The van der Waals surface area contributed by atoms with Crippen LogP contribution in [0.15, 0.2) is 65.6 Å². The van der Waals surface area contributed by atoms with Gasteiger partial charge < -0.3 is 5.11 Å². The van der Waals surface area contributed by atoms with Gasteiger partial charge in [-0.2, -0.15) is 8.42 Å². The molecule has 3 aromatic carbocycles. The molecule has 132 valence electrons. The summed E-state index contributed by atoms with van der Waals surface area (Å²) < 4.78 is 31.2. The maximum atomic E-state index is 11.1. The van der Waals surface area contributed by atoms with E-state index in [-0.39, 0.29) is 11.3 Å². The lowest BCUT2D eigenvalue weighted by Crippen LogP contribution is -2.00. The van der Waals surface area contributed by atoms with Crippen LogP contribution in [0.2, 0.25) is 0 Å². The Morgan fingerprint density at radius 2 is 1.54 bits per heavy atom. The van der Waals surface area contributed by atoms with Crippen LogP contribution in [-0.2, 0) is 21.3 Å². The van der Waals surface area contributed by atoms with Gasteiger partial charge in [0, 0.05) is 0 Å². The van der Waals surface area contributed by atoms with Gasteiger partial charge in [0.2, 0.25) is 0 Å². The maximum absolute atomic E-state index is 11.1. The molecule has 0 unspecified atom stereocenters. The van der Waals surface area contributed by atoms with Crippen molar-refractivity contribution in [2.75, 3.05) is 0 Å². The summed E-state index contributed by atoms with van der Waals surface area (Å²) in [6, 6.07) is 17.1. The van der Waals surface area contributed by atoms with Crippen molar-refractivity contribution in [2.24, 2.45) is 0 Å². The molecule has 0 heterocycles. The molecular formula is C20H16O5S. The third kappa shape index (κ3) is 3.99. The summed E-state index contributed by atoms with van der Waals surface area (Å²) >= 11 is 0. The van der Waals surface area contributed by atoms with E-state index in [9.17, 15) is 13.2 Å². The maximum Gasteiger partial charge on any atom is 0.307 e. The van der Waals surface area contributed by atoms with E-state index in [1.807, 2.05) is 42.5 Å². The van der Waals surface area contributed by atoms with Gasteiger partial charge >= 0.3 is 5.97 Å². The summed E-state index contributed by atoms with van der Waals surface area (Å²) in [5.74, 6) is -0.877. The predicted octanol–water partition coefficient (Wildman–Crippen LogP) is 3.88. The summed E-state index contributed by atoms with van der Waals surface area (Å²) in [5, 5.41) is 10.9. The van der Waals surface area contributed by atoms with E-state index in [0.717, 1.165) is 27.5 Å². The molecule has 0 bridgehead atoms. The highest BCUT2D eigenvalue weighted by molar-refractivity contribution is 7.85. The van der Waals surface area contributed by atoms with Gasteiger partial charge in [-0.15, -0.1) is 0 Å². The van der Waals surface area contributed by atoms with Crippen molar-refractivity contribution < 1.29 is 22.9 Å². The lowest BCUT2D eigenvalue weighted by Gasteiger charge is -2.07. The Hall–Kier alpha value is -2.96. The Morgan fingerprint density at radius 3 is 2.19 bits per heavy atom. The quantitative estimate of drug-likeness (QED) is 0.527. The summed E-state index contributed by atoms with van der Waals surface area (Å²) in [6.45, 7) is 0. The fourth-order valence-electron chi connectivity index (χ4n) is 2.80. The van der Waals surface area contributed by atoms with Crippen molar-refractivity contribution in [1.29, 1.82) is 0 Å². The Balaban J connectivity index is 1.96. The van der Waals surface area contributed by atoms with Crippen molar-refractivity contribution >= 4 is 39.0 Å². The highest BCUT2D eigenvalue weighted by atomic mass is 32.2. The van der Waals surface area contributed by atoms with Crippen LogP contribution in [-0.4, -0.2) is 24.0 Å². The van der Waals surface area contributed by atoms with Gasteiger partial charge in [-0.1, -0.05) is 60.7 Å². The number of carboxylic acid groups (broad SMARTS) is 1. The van der Waals surface area contributed by atoms with Crippen molar-refractivity contribution in [3.05, 3.63) is 77.4 Å². The summed E-state index contributed by atoms with van der Waals surface area (Å²) in [6.07, 6.45) is 3.67. The van der Waals surface area contributed by atoms with E-state index in [1.54, 1.807) is 18.2 Å². The minimum Gasteiger partial charge on any atom is -0.481 e. The first kappa shape index (κ1) is 17.8. The fraction of sp³-hybridized carbons (Fsp3) is 0.0500. The minimum absolute atomic E-state index is 0.0401. The van der Waals surface area contributed by atoms with Crippen LogP contribution in [0.4, 0.5) is 0 Å². The van der Waals surface area contributed by atoms with Crippen LogP contribution in [0.3, 0.4) is 0 Å². The van der Waals surface area contributed by atoms with E-state index in [2.05, 4.69) is 0 Å². The smallest absolute Gasteiger partial charge is 0.307 e. The highest BCUT2D eigenvalue weighted by Gasteiger charge is 2.08. The first-order chi connectivity index (χ1) is 12.3. The lowest BCUT2D eigenvalue weighted by atomic mass is 9.98. The molecule has 26 heavy (non-hydrogen) atoms. The molecule has 5 nitrogen and oxygen atoms in total. The van der Waals surface area contributed by atoms with Gasteiger partial charge in [0.15, 0.2) is 0 Å². The highest BCUT2D eigenvalue weighted by Crippen LogP contribution is 2.25. The molecule has 0 atom stereocenters. The molecule has 6 heteroatoms. The zero-order chi connectivity index (χ0) is 18.7. The molecule has 0 radical (unpaired) electrons. The van der Waals surface area contributed by atoms with E-state index < -0.39 is 16.1 Å². The number of rotatable bonds is 5. The topological polar surface area (TPSA) is 91.7 Å². The molecule has 0 aromatic heterocycles. The molecule has 0 fully saturated rings. The molecule has 2 N–H and O–H groups in total. The van der Waals surface area contributed by atoms with Crippen LogP contribution >= 0.6 is 0 Å². The van der Waals surface area contributed by atoms with Gasteiger partial charge in [0.05, 0.1) is 11.3 Å². The normalized spacial score (nSPS) is 11.9. The lowest BCUT2D eigenvalue weighted by molar-refractivity contribution is -0.136. The number of hydrogen-bond acceptors (Lipinski definition) is 3. The summed E-state index contributed by atoms with van der Waals surface area (Å²) in [7, 11) is -4.20. The minimum atomic E-state index is -4.20. The van der Waals surface area contributed by atoms with E-state index in [1.165, 1.54) is 12.1 Å². The first-order valence-electron chi connectivity index (χ1n) is 7.82. The van der Waals surface area contributed by atoms with Gasteiger partial charge in [0.25, 0.3) is 10.1 Å². The fourth-order valence-corrected chi connectivity index (χ4v) is 3.28. The average Bonchev–Trinajstić information content (AvgIpc) is 2.59. The van der Waals surface area contributed by atoms with E-state index >= 15 is 0 Å². The van der Waals surface area contributed by atoms with E-state index in [4.69, 9.17) is 9.66 Å². The van der Waals surface area contributed by atoms with Crippen LogP contribution in [0, 0.1) is 0 Å². The Kier molecular flexibility index (Phi) is 4.88. The Labute approximate surface area is 151 Å². The number of aliphatic carboxylic acids is 1. The van der Waals surface area contributed by atoms with Crippen molar-refractivity contribution in [2.45, 2.75) is 11.3 Å². The second kappa shape index (κ2) is 7.11. The van der Waals surface area contributed by atoms with Crippen LogP contribution in [0.1, 0.15) is 16.7 Å². The monoisotopic (exact) mass is 368 g/mol. The third-order valence-electron chi connectivity index (χ3n) is 4.02. The number of benzene rings is 3. The van der Waals surface area contributed by atoms with Crippen LogP contribution < -0.4 is 0 Å². The van der Waals surface area contributed by atoms with Gasteiger partial charge in [-0.05, 0) is 39.6 Å². The SMILES string of the molecule is O=C(O)Cc1cccc2c(/C=C/c3ccc(S(=O)(=O)O)cc3)cccc12. The predicted molar refractivity (Wildman–Crippen MR) is 100 cm³/mol. The van der Waals surface area contributed by atoms with Gasteiger partial charge in [-0.25, -0.2) is 0 Å². The molecule has 0 aliphatic heterocycles. The molecule has 3 aromatic rings. The van der Waals surface area contributed by atoms with Gasteiger partial charge in [-0.3, -0.25) is 9.35 Å². The Morgan fingerprint density at radius 1 is 0.885 bits per heavy atom.